The van der Waals surface area contributed by atoms with Gasteiger partial charge < -0.3 is 9.64 Å². The molecule has 0 atom stereocenters. The second-order valence-corrected chi connectivity index (χ2v) is 8.54. The second-order valence-electron chi connectivity index (χ2n) is 8.54. The smallest absolute Gasteiger partial charge is 0.119 e. The van der Waals surface area contributed by atoms with Gasteiger partial charge in [0.15, 0.2) is 0 Å². The van der Waals surface area contributed by atoms with Crippen LogP contribution in [0, 0.1) is 0 Å². The van der Waals surface area contributed by atoms with E-state index in [9.17, 15) is 0 Å². The summed E-state index contributed by atoms with van der Waals surface area (Å²) in [5.41, 5.74) is 2.71. The van der Waals surface area contributed by atoms with Crippen molar-refractivity contribution in [3.8, 4) is 5.75 Å². The van der Waals surface area contributed by atoms with Crippen molar-refractivity contribution in [2.24, 2.45) is 0 Å². The summed E-state index contributed by atoms with van der Waals surface area (Å²) in [5, 5.41) is 8.24. The molecule has 0 amide bonds. The number of benzene rings is 5. The number of anilines is 1. The molecule has 3 nitrogen and oxygen atoms in total. The van der Waals surface area contributed by atoms with Crippen LogP contribution in [-0.2, 0) is 6.54 Å². The first-order valence-corrected chi connectivity index (χ1v) is 11.1. The Labute approximate surface area is 182 Å². The van der Waals surface area contributed by atoms with Gasteiger partial charge in [-0.05, 0) is 62.1 Å². The molecule has 1 saturated heterocycles. The van der Waals surface area contributed by atoms with Crippen molar-refractivity contribution in [3.63, 3.8) is 0 Å². The molecule has 0 spiro atoms. The van der Waals surface area contributed by atoms with Gasteiger partial charge in [-0.15, -0.1) is 0 Å². The summed E-state index contributed by atoms with van der Waals surface area (Å²) in [4.78, 5) is 5.06. The lowest BCUT2D eigenvalue weighted by atomic mass is 9.92. The predicted octanol–water partition coefficient (Wildman–Crippen LogP) is 5.91. The fraction of sp³-hybridized carbons (Fsp3) is 0.214. The maximum atomic E-state index is 5.29. The molecule has 1 aliphatic rings. The van der Waals surface area contributed by atoms with Crippen LogP contribution >= 0.6 is 0 Å². The highest BCUT2D eigenvalue weighted by molar-refractivity contribution is 6.23. The molecule has 0 radical (unpaired) electrons. The first-order chi connectivity index (χ1) is 15.3. The normalized spacial score (nSPS) is 15.3. The fourth-order valence-electron chi connectivity index (χ4n) is 5.13. The summed E-state index contributed by atoms with van der Waals surface area (Å²) in [6, 6.07) is 28.8. The van der Waals surface area contributed by atoms with Crippen LogP contribution < -0.4 is 9.64 Å². The van der Waals surface area contributed by atoms with Gasteiger partial charge in [0.05, 0.1) is 7.11 Å². The number of piperazine rings is 1. The van der Waals surface area contributed by atoms with E-state index in [1.165, 1.54) is 43.6 Å². The summed E-state index contributed by atoms with van der Waals surface area (Å²) >= 11 is 0. The topological polar surface area (TPSA) is 15.7 Å². The van der Waals surface area contributed by atoms with E-state index in [2.05, 4.69) is 76.5 Å². The van der Waals surface area contributed by atoms with E-state index in [4.69, 9.17) is 4.74 Å². The number of hydrogen-bond donors (Lipinski definition) is 0. The van der Waals surface area contributed by atoms with E-state index in [1.54, 1.807) is 7.11 Å². The van der Waals surface area contributed by atoms with Gasteiger partial charge in [-0.1, -0.05) is 54.6 Å². The molecule has 5 aromatic rings. The second kappa shape index (κ2) is 7.44. The minimum Gasteiger partial charge on any atom is -0.497 e. The molecule has 1 fully saturated rings. The summed E-state index contributed by atoms with van der Waals surface area (Å²) in [6.07, 6.45) is 0. The molecule has 31 heavy (non-hydrogen) atoms. The van der Waals surface area contributed by atoms with Gasteiger partial charge in [-0.3, -0.25) is 4.90 Å². The highest BCUT2D eigenvalue weighted by Gasteiger charge is 2.19. The van der Waals surface area contributed by atoms with Crippen molar-refractivity contribution >= 4 is 38.0 Å². The van der Waals surface area contributed by atoms with E-state index in [0.717, 1.165) is 38.5 Å². The lowest BCUT2D eigenvalue weighted by molar-refractivity contribution is 0.250. The van der Waals surface area contributed by atoms with Gasteiger partial charge >= 0.3 is 0 Å². The molecule has 0 unspecified atom stereocenters. The number of ether oxygens (including phenoxy) is 1. The zero-order valence-electron chi connectivity index (χ0n) is 17.8. The van der Waals surface area contributed by atoms with Gasteiger partial charge in [0.1, 0.15) is 5.75 Å². The van der Waals surface area contributed by atoms with Crippen LogP contribution in [-0.4, -0.2) is 38.2 Å². The van der Waals surface area contributed by atoms with Gasteiger partial charge in [0, 0.05) is 38.4 Å². The van der Waals surface area contributed by atoms with E-state index >= 15 is 0 Å². The molecule has 0 saturated carbocycles. The van der Waals surface area contributed by atoms with Crippen molar-refractivity contribution in [2.45, 2.75) is 6.54 Å². The monoisotopic (exact) mass is 406 g/mol. The van der Waals surface area contributed by atoms with Crippen LogP contribution in [0.15, 0.2) is 78.9 Å². The third-order valence-corrected chi connectivity index (χ3v) is 6.82. The van der Waals surface area contributed by atoms with Crippen LogP contribution in [0.2, 0.25) is 0 Å². The molecule has 1 heterocycles. The molecular weight excluding hydrogens is 380 g/mol. The van der Waals surface area contributed by atoms with Crippen LogP contribution in [0.5, 0.6) is 5.75 Å². The van der Waals surface area contributed by atoms with E-state index < -0.39 is 0 Å². The molecule has 0 bridgehead atoms. The van der Waals surface area contributed by atoms with Crippen LogP contribution in [0.25, 0.3) is 32.3 Å². The third kappa shape index (κ3) is 3.17. The average molecular weight is 407 g/mol. The van der Waals surface area contributed by atoms with Crippen molar-refractivity contribution in [1.82, 2.24) is 4.90 Å². The maximum absolute atomic E-state index is 5.29. The van der Waals surface area contributed by atoms with Crippen molar-refractivity contribution in [2.75, 3.05) is 38.2 Å². The zero-order valence-corrected chi connectivity index (χ0v) is 17.8. The van der Waals surface area contributed by atoms with E-state index in [0.29, 0.717) is 0 Å². The van der Waals surface area contributed by atoms with Gasteiger partial charge in [0.2, 0.25) is 0 Å². The van der Waals surface area contributed by atoms with Crippen LogP contribution in [0.4, 0.5) is 5.69 Å². The lowest BCUT2D eigenvalue weighted by Gasteiger charge is -2.36. The minimum absolute atomic E-state index is 0.913. The predicted molar refractivity (Wildman–Crippen MR) is 131 cm³/mol. The van der Waals surface area contributed by atoms with Crippen molar-refractivity contribution in [1.29, 1.82) is 0 Å². The molecule has 5 aromatic carbocycles. The Morgan fingerprint density at radius 3 is 2.03 bits per heavy atom. The zero-order chi connectivity index (χ0) is 20.8. The van der Waals surface area contributed by atoms with Crippen LogP contribution in [0.3, 0.4) is 0 Å². The quantitative estimate of drug-likeness (QED) is 0.345. The molecule has 1 aliphatic heterocycles. The Kier molecular flexibility index (Phi) is 4.43. The minimum atomic E-state index is 0.913. The molecule has 6 rings (SSSR count). The molecule has 0 aliphatic carbocycles. The highest BCUT2D eigenvalue weighted by Crippen LogP contribution is 2.36. The Bertz CT molecular complexity index is 1340. The lowest BCUT2D eigenvalue weighted by Crippen LogP contribution is -2.45. The first kappa shape index (κ1) is 18.5. The average Bonchev–Trinajstić information content (AvgIpc) is 2.84. The molecule has 154 valence electrons. The SMILES string of the molecule is COc1ccc(N2CCN(Cc3ccc4ccc5cccc6ccc3c4c56)CC2)cc1. The Morgan fingerprint density at radius 2 is 1.32 bits per heavy atom. The molecule has 0 N–H and O–H groups in total. The number of rotatable bonds is 4. The summed E-state index contributed by atoms with van der Waals surface area (Å²) in [5.74, 6) is 0.913. The Morgan fingerprint density at radius 1 is 0.677 bits per heavy atom. The van der Waals surface area contributed by atoms with Crippen LogP contribution in [0.1, 0.15) is 5.56 Å². The van der Waals surface area contributed by atoms with E-state index in [1.807, 2.05) is 12.1 Å². The molecule has 3 heteroatoms. The van der Waals surface area contributed by atoms with Gasteiger partial charge in [-0.25, -0.2) is 0 Å². The number of nitrogens with zero attached hydrogens (tertiary/aromatic N) is 2. The number of hydrogen-bond acceptors (Lipinski definition) is 3. The maximum Gasteiger partial charge on any atom is 0.119 e. The summed E-state index contributed by atoms with van der Waals surface area (Å²) in [7, 11) is 1.71. The highest BCUT2D eigenvalue weighted by atomic mass is 16.5. The number of methoxy groups -OCH3 is 1. The van der Waals surface area contributed by atoms with Crippen molar-refractivity contribution < 1.29 is 4.74 Å². The third-order valence-electron chi connectivity index (χ3n) is 6.82. The largest absolute Gasteiger partial charge is 0.497 e. The molecule has 0 aromatic heterocycles. The summed E-state index contributed by atoms with van der Waals surface area (Å²) < 4.78 is 5.29. The van der Waals surface area contributed by atoms with Gasteiger partial charge in [0.25, 0.3) is 0 Å². The van der Waals surface area contributed by atoms with E-state index in [-0.39, 0.29) is 0 Å². The first-order valence-electron chi connectivity index (χ1n) is 11.1. The Hall–Kier alpha value is -3.30. The van der Waals surface area contributed by atoms with Crippen molar-refractivity contribution in [3.05, 3.63) is 84.4 Å². The summed E-state index contributed by atoms with van der Waals surface area (Å²) in [6.45, 7) is 5.27. The Balaban J connectivity index is 1.26. The standard InChI is InChI=1S/C28H26N2O/c1-31-25-12-10-24(11-13-25)30-17-15-29(16-18-30)19-23-8-7-22-6-5-20-3-2-4-21-9-14-26(23)28(22)27(20)21/h2-14H,15-19H2,1H3. The molecular formula is C28H26N2O. The fourth-order valence-corrected chi connectivity index (χ4v) is 5.13. The van der Waals surface area contributed by atoms with Gasteiger partial charge in [-0.2, -0.15) is 0 Å².